The van der Waals surface area contributed by atoms with Crippen molar-refractivity contribution in [2.24, 2.45) is 0 Å². The van der Waals surface area contributed by atoms with E-state index in [4.69, 9.17) is 0 Å². The molecule has 2 aromatic rings. The normalized spacial score (nSPS) is 18.1. The first-order chi connectivity index (χ1) is 10.7. The molecule has 1 aliphatic rings. The van der Waals surface area contributed by atoms with Gasteiger partial charge in [-0.15, -0.1) is 0 Å². The Morgan fingerprint density at radius 2 is 2.36 bits per heavy atom. The van der Waals surface area contributed by atoms with Crippen LogP contribution in [-0.2, 0) is 17.8 Å². The Bertz CT molecular complexity index is 645. The van der Waals surface area contributed by atoms with E-state index in [1.165, 1.54) is 11.3 Å². The summed E-state index contributed by atoms with van der Waals surface area (Å²) in [5.74, 6) is 1.67. The summed E-state index contributed by atoms with van der Waals surface area (Å²) in [6.45, 7) is 6.50. The van der Waals surface area contributed by atoms with Crippen molar-refractivity contribution in [2.45, 2.75) is 45.6 Å². The van der Waals surface area contributed by atoms with Crippen LogP contribution in [0.4, 0.5) is 0 Å². The monoisotopic (exact) mass is 301 g/mol. The topological polar surface area (TPSA) is 66.8 Å². The minimum Gasteiger partial charge on any atom is -0.342 e. The molecule has 1 aliphatic heterocycles. The first-order valence-electron chi connectivity index (χ1n) is 7.96. The van der Waals surface area contributed by atoms with Gasteiger partial charge in [-0.1, -0.05) is 6.92 Å². The standard InChI is InChI=1S/C16H23N5O/c1-3-14-17-6-9-20(14)8-5-15(22)21-7-4-13(11-21)16-12(2)10-18-19-16/h6,9-10,13H,3-5,7-8,11H2,1-2H3,(H,18,19). The lowest BCUT2D eigenvalue weighted by atomic mass is 10.0. The van der Waals surface area contributed by atoms with Crippen molar-refractivity contribution in [1.29, 1.82) is 0 Å². The SMILES string of the molecule is CCc1nccn1CCC(=O)N1CCC(c2[nH]ncc2C)C1. The number of aromatic amines is 1. The van der Waals surface area contributed by atoms with E-state index in [0.29, 0.717) is 18.9 Å². The fraction of sp³-hybridized carbons (Fsp3) is 0.562. The molecule has 22 heavy (non-hydrogen) atoms. The van der Waals surface area contributed by atoms with E-state index < -0.39 is 0 Å². The van der Waals surface area contributed by atoms with Gasteiger partial charge in [-0.05, 0) is 18.9 Å². The van der Waals surface area contributed by atoms with Gasteiger partial charge in [0, 0.05) is 56.5 Å². The molecule has 0 aliphatic carbocycles. The van der Waals surface area contributed by atoms with Gasteiger partial charge in [0.15, 0.2) is 0 Å². The largest absolute Gasteiger partial charge is 0.342 e. The molecular formula is C16H23N5O. The van der Waals surface area contributed by atoms with Gasteiger partial charge in [-0.2, -0.15) is 5.10 Å². The molecule has 0 bridgehead atoms. The third kappa shape index (κ3) is 2.91. The predicted octanol–water partition coefficient (Wildman–Crippen LogP) is 1.88. The summed E-state index contributed by atoms with van der Waals surface area (Å²) in [6, 6.07) is 0. The Kier molecular flexibility index (Phi) is 4.27. The third-order valence-electron chi connectivity index (χ3n) is 4.50. The van der Waals surface area contributed by atoms with Crippen molar-refractivity contribution >= 4 is 5.91 Å². The average Bonchev–Trinajstić information content (AvgIpc) is 3.24. The molecule has 118 valence electrons. The summed E-state index contributed by atoms with van der Waals surface area (Å²) in [5.41, 5.74) is 2.36. The van der Waals surface area contributed by atoms with Gasteiger partial charge in [0.25, 0.3) is 0 Å². The summed E-state index contributed by atoms with van der Waals surface area (Å²) in [5, 5.41) is 7.16. The molecule has 1 amide bonds. The second kappa shape index (κ2) is 6.34. The molecule has 0 saturated carbocycles. The van der Waals surface area contributed by atoms with Gasteiger partial charge in [-0.3, -0.25) is 9.89 Å². The van der Waals surface area contributed by atoms with E-state index >= 15 is 0 Å². The summed E-state index contributed by atoms with van der Waals surface area (Å²) in [6.07, 6.45) is 8.05. The fourth-order valence-electron chi connectivity index (χ4n) is 3.22. The van der Waals surface area contributed by atoms with Crippen molar-refractivity contribution in [1.82, 2.24) is 24.6 Å². The zero-order valence-electron chi connectivity index (χ0n) is 13.2. The minimum atomic E-state index is 0.232. The van der Waals surface area contributed by atoms with Crippen LogP contribution in [0.15, 0.2) is 18.6 Å². The molecule has 0 spiro atoms. The Morgan fingerprint density at radius 1 is 1.50 bits per heavy atom. The third-order valence-corrected chi connectivity index (χ3v) is 4.50. The molecule has 1 N–H and O–H groups in total. The second-order valence-corrected chi connectivity index (χ2v) is 5.93. The molecule has 3 rings (SSSR count). The van der Waals surface area contributed by atoms with Crippen LogP contribution in [0.3, 0.4) is 0 Å². The maximum Gasteiger partial charge on any atom is 0.224 e. The number of likely N-dealkylation sites (tertiary alicyclic amines) is 1. The molecule has 1 unspecified atom stereocenters. The lowest BCUT2D eigenvalue weighted by molar-refractivity contribution is -0.130. The lowest BCUT2D eigenvalue weighted by Gasteiger charge is -2.17. The molecule has 0 aromatic carbocycles. The number of H-pyrrole nitrogens is 1. The molecular weight excluding hydrogens is 278 g/mol. The highest BCUT2D eigenvalue weighted by atomic mass is 16.2. The number of imidazole rings is 1. The summed E-state index contributed by atoms with van der Waals surface area (Å²) < 4.78 is 2.07. The Hall–Kier alpha value is -2.11. The van der Waals surface area contributed by atoms with Crippen molar-refractivity contribution in [3.63, 3.8) is 0 Å². The Balaban J connectivity index is 1.55. The van der Waals surface area contributed by atoms with Crippen molar-refractivity contribution in [3.05, 3.63) is 35.7 Å². The number of aryl methyl sites for hydroxylation is 3. The first kappa shape index (κ1) is 14.8. The lowest BCUT2D eigenvalue weighted by Crippen LogP contribution is -2.29. The first-order valence-corrected chi connectivity index (χ1v) is 7.96. The van der Waals surface area contributed by atoms with E-state index in [0.717, 1.165) is 31.8 Å². The van der Waals surface area contributed by atoms with Gasteiger partial charge < -0.3 is 9.47 Å². The molecule has 0 radical (unpaired) electrons. The van der Waals surface area contributed by atoms with Gasteiger partial charge >= 0.3 is 0 Å². The maximum atomic E-state index is 12.4. The number of carbonyl (C=O) groups excluding carboxylic acids is 1. The summed E-state index contributed by atoms with van der Waals surface area (Å²) in [4.78, 5) is 18.7. The number of rotatable bonds is 5. The zero-order chi connectivity index (χ0) is 15.5. The quantitative estimate of drug-likeness (QED) is 0.917. The molecule has 1 saturated heterocycles. The number of aromatic nitrogens is 4. The van der Waals surface area contributed by atoms with Gasteiger partial charge in [0.1, 0.15) is 5.82 Å². The van der Waals surface area contributed by atoms with Crippen LogP contribution >= 0.6 is 0 Å². The molecule has 2 aromatic heterocycles. The van der Waals surface area contributed by atoms with Gasteiger partial charge in [0.05, 0.1) is 6.20 Å². The van der Waals surface area contributed by atoms with Crippen LogP contribution in [0.25, 0.3) is 0 Å². The van der Waals surface area contributed by atoms with E-state index in [9.17, 15) is 4.79 Å². The van der Waals surface area contributed by atoms with E-state index in [1.807, 2.05) is 17.3 Å². The van der Waals surface area contributed by atoms with Gasteiger partial charge in [0.2, 0.25) is 5.91 Å². The van der Waals surface area contributed by atoms with Crippen LogP contribution in [-0.4, -0.2) is 43.6 Å². The highest BCUT2D eigenvalue weighted by Crippen LogP contribution is 2.28. The smallest absolute Gasteiger partial charge is 0.224 e. The van der Waals surface area contributed by atoms with Crippen molar-refractivity contribution in [3.8, 4) is 0 Å². The van der Waals surface area contributed by atoms with Crippen LogP contribution in [0.5, 0.6) is 0 Å². The van der Waals surface area contributed by atoms with Crippen LogP contribution in [0, 0.1) is 6.92 Å². The summed E-state index contributed by atoms with van der Waals surface area (Å²) >= 11 is 0. The Morgan fingerprint density at radius 3 is 3.09 bits per heavy atom. The highest BCUT2D eigenvalue weighted by molar-refractivity contribution is 5.76. The van der Waals surface area contributed by atoms with Crippen LogP contribution < -0.4 is 0 Å². The minimum absolute atomic E-state index is 0.232. The van der Waals surface area contributed by atoms with Crippen LogP contribution in [0.1, 0.15) is 42.8 Å². The van der Waals surface area contributed by atoms with Gasteiger partial charge in [-0.25, -0.2) is 4.98 Å². The summed E-state index contributed by atoms with van der Waals surface area (Å²) in [7, 11) is 0. The zero-order valence-corrected chi connectivity index (χ0v) is 13.2. The number of amides is 1. The molecule has 3 heterocycles. The number of hydrogen-bond acceptors (Lipinski definition) is 3. The van der Waals surface area contributed by atoms with Crippen molar-refractivity contribution < 1.29 is 4.79 Å². The number of carbonyl (C=O) groups is 1. The Labute approximate surface area is 130 Å². The maximum absolute atomic E-state index is 12.4. The molecule has 6 heteroatoms. The van der Waals surface area contributed by atoms with E-state index in [2.05, 4.69) is 33.6 Å². The predicted molar refractivity (Wildman–Crippen MR) is 83.5 cm³/mol. The van der Waals surface area contributed by atoms with E-state index in [1.54, 1.807) is 6.20 Å². The van der Waals surface area contributed by atoms with E-state index in [-0.39, 0.29) is 5.91 Å². The van der Waals surface area contributed by atoms with Crippen molar-refractivity contribution in [2.75, 3.05) is 13.1 Å². The second-order valence-electron chi connectivity index (χ2n) is 5.93. The molecule has 1 fully saturated rings. The van der Waals surface area contributed by atoms with Crippen LogP contribution in [0.2, 0.25) is 0 Å². The fourth-order valence-corrected chi connectivity index (χ4v) is 3.22. The molecule has 6 nitrogen and oxygen atoms in total. The number of nitrogens with zero attached hydrogens (tertiary/aromatic N) is 4. The highest BCUT2D eigenvalue weighted by Gasteiger charge is 2.28. The number of hydrogen-bond donors (Lipinski definition) is 1. The average molecular weight is 301 g/mol. The molecule has 1 atom stereocenters. The number of nitrogens with one attached hydrogen (secondary N) is 1.